The Morgan fingerprint density at radius 2 is 1.81 bits per heavy atom. The third-order valence-electron chi connectivity index (χ3n) is 4.90. The highest BCUT2D eigenvalue weighted by molar-refractivity contribution is 7.89. The number of aryl methyl sites for hydroxylation is 3. The molecule has 0 saturated carbocycles. The van der Waals surface area contributed by atoms with Gasteiger partial charge in [0.1, 0.15) is 6.23 Å². The lowest BCUT2D eigenvalue weighted by Gasteiger charge is -2.24. The Labute approximate surface area is 184 Å². The minimum absolute atomic E-state index is 0.0926. The van der Waals surface area contributed by atoms with Gasteiger partial charge >= 0.3 is 7.32 Å². The maximum Gasteiger partial charge on any atom is 0.635 e. The highest BCUT2D eigenvalue weighted by Crippen LogP contribution is 2.19. The second-order valence-corrected chi connectivity index (χ2v) is 9.26. The zero-order valence-electron chi connectivity index (χ0n) is 18.2. The van der Waals surface area contributed by atoms with Crippen LogP contribution in [0.15, 0.2) is 47.4 Å². The van der Waals surface area contributed by atoms with Crippen LogP contribution in [0.4, 0.5) is 0 Å². The van der Waals surface area contributed by atoms with E-state index >= 15 is 0 Å². The molecule has 8 nitrogen and oxygen atoms in total. The van der Waals surface area contributed by atoms with Crippen LogP contribution in [0.3, 0.4) is 0 Å². The van der Waals surface area contributed by atoms with E-state index in [1.165, 1.54) is 6.07 Å². The average molecular weight is 448 g/mol. The number of carbonyl (C=O) groups is 1. The van der Waals surface area contributed by atoms with Crippen molar-refractivity contribution in [1.29, 1.82) is 0 Å². The second-order valence-electron chi connectivity index (χ2n) is 7.35. The predicted molar refractivity (Wildman–Crippen MR) is 118 cm³/mol. The lowest BCUT2D eigenvalue weighted by molar-refractivity contribution is -0.124. The van der Waals surface area contributed by atoms with Crippen LogP contribution in [0.1, 0.15) is 29.2 Å². The molecule has 10 heteroatoms. The molecule has 0 spiro atoms. The SMILES string of the molecule is CCN(CC(=O)N[C@@H](Cc1ccc(C)cc1C)OB(O)O)S(=O)(=O)c1ccccc1C. The Kier molecular flexibility index (Phi) is 8.78. The molecule has 0 fully saturated rings. The van der Waals surface area contributed by atoms with Crippen LogP contribution in [-0.4, -0.2) is 55.3 Å². The maximum atomic E-state index is 13.0. The van der Waals surface area contributed by atoms with E-state index in [4.69, 9.17) is 4.65 Å². The molecule has 0 aromatic heterocycles. The predicted octanol–water partition coefficient (Wildman–Crippen LogP) is 1.29. The van der Waals surface area contributed by atoms with E-state index < -0.39 is 36.0 Å². The van der Waals surface area contributed by atoms with Gasteiger partial charge in [-0.2, -0.15) is 4.31 Å². The minimum atomic E-state index is -3.87. The fraction of sp³-hybridized carbons (Fsp3) is 0.381. The van der Waals surface area contributed by atoms with Gasteiger partial charge in [0.2, 0.25) is 15.9 Å². The molecule has 0 bridgehead atoms. The molecule has 31 heavy (non-hydrogen) atoms. The Bertz CT molecular complexity index is 1010. The van der Waals surface area contributed by atoms with E-state index in [1.807, 2.05) is 32.0 Å². The number of nitrogens with one attached hydrogen (secondary N) is 1. The van der Waals surface area contributed by atoms with Gasteiger partial charge in [0.05, 0.1) is 11.4 Å². The molecule has 0 aliphatic rings. The molecular formula is C21H29BN2O6S. The van der Waals surface area contributed by atoms with E-state index in [1.54, 1.807) is 32.0 Å². The van der Waals surface area contributed by atoms with Gasteiger partial charge in [-0.1, -0.05) is 48.9 Å². The van der Waals surface area contributed by atoms with Crippen molar-refractivity contribution in [3.05, 3.63) is 64.7 Å². The van der Waals surface area contributed by atoms with E-state index in [0.29, 0.717) is 5.56 Å². The third-order valence-corrected chi connectivity index (χ3v) is 6.98. The van der Waals surface area contributed by atoms with Crippen molar-refractivity contribution >= 4 is 23.3 Å². The smallest absolute Gasteiger partial charge is 0.402 e. The third kappa shape index (κ3) is 6.88. The second kappa shape index (κ2) is 10.9. The first kappa shape index (κ1) is 25.0. The van der Waals surface area contributed by atoms with Crippen LogP contribution in [0.25, 0.3) is 0 Å². The normalized spacial score (nSPS) is 12.6. The first-order valence-corrected chi connectivity index (χ1v) is 11.4. The average Bonchev–Trinajstić information content (AvgIpc) is 2.67. The maximum absolute atomic E-state index is 13.0. The summed E-state index contributed by atoms with van der Waals surface area (Å²) in [5.74, 6) is -0.616. The van der Waals surface area contributed by atoms with E-state index in [2.05, 4.69) is 5.32 Å². The number of hydrogen-bond donors (Lipinski definition) is 3. The molecule has 168 valence electrons. The molecule has 0 aliphatic carbocycles. The monoisotopic (exact) mass is 448 g/mol. The van der Waals surface area contributed by atoms with Gasteiger partial charge in [-0.05, 0) is 43.5 Å². The highest BCUT2D eigenvalue weighted by Gasteiger charge is 2.28. The Morgan fingerprint density at radius 1 is 1.13 bits per heavy atom. The zero-order valence-corrected chi connectivity index (χ0v) is 19.0. The molecule has 3 N–H and O–H groups in total. The molecular weight excluding hydrogens is 419 g/mol. The Hall–Kier alpha value is -2.24. The van der Waals surface area contributed by atoms with Crippen LogP contribution >= 0.6 is 0 Å². The molecule has 0 heterocycles. The van der Waals surface area contributed by atoms with E-state index in [9.17, 15) is 23.3 Å². The lowest BCUT2D eigenvalue weighted by atomic mass is 10.0. The quantitative estimate of drug-likeness (QED) is 0.373. The van der Waals surface area contributed by atoms with Crippen molar-refractivity contribution in [2.75, 3.05) is 13.1 Å². The number of nitrogens with zero attached hydrogens (tertiary/aromatic N) is 1. The minimum Gasteiger partial charge on any atom is -0.402 e. The summed E-state index contributed by atoms with van der Waals surface area (Å²) < 4.78 is 32.1. The molecule has 0 radical (unpaired) electrons. The molecule has 0 saturated heterocycles. The summed E-state index contributed by atoms with van der Waals surface area (Å²) in [7, 11) is -5.96. The molecule has 1 atom stereocenters. The van der Waals surface area contributed by atoms with Crippen LogP contribution in [0, 0.1) is 20.8 Å². The van der Waals surface area contributed by atoms with Gasteiger partial charge in [0, 0.05) is 13.0 Å². The van der Waals surface area contributed by atoms with Crippen molar-refractivity contribution in [2.45, 2.75) is 45.2 Å². The lowest BCUT2D eigenvalue weighted by Crippen LogP contribution is -2.47. The molecule has 0 unspecified atom stereocenters. The van der Waals surface area contributed by atoms with Gasteiger partial charge in [-0.3, -0.25) is 4.79 Å². The molecule has 1 amide bonds. The molecule has 2 aromatic rings. The summed E-state index contributed by atoms with van der Waals surface area (Å²) in [5, 5.41) is 21.0. The molecule has 2 aromatic carbocycles. The molecule has 2 rings (SSSR count). The van der Waals surface area contributed by atoms with Crippen molar-refractivity contribution in [3.63, 3.8) is 0 Å². The van der Waals surface area contributed by atoms with E-state index in [0.717, 1.165) is 21.0 Å². The summed E-state index contributed by atoms with van der Waals surface area (Å²) in [6, 6.07) is 12.3. The molecule has 0 aliphatic heterocycles. The zero-order chi connectivity index (χ0) is 23.2. The van der Waals surface area contributed by atoms with Crippen molar-refractivity contribution < 1.29 is 27.9 Å². The van der Waals surface area contributed by atoms with Gasteiger partial charge in [0.25, 0.3) is 0 Å². The van der Waals surface area contributed by atoms with Crippen molar-refractivity contribution in [3.8, 4) is 0 Å². The summed E-state index contributed by atoms with van der Waals surface area (Å²) in [6.07, 6.45) is -0.861. The van der Waals surface area contributed by atoms with Crippen molar-refractivity contribution in [1.82, 2.24) is 9.62 Å². The number of carbonyl (C=O) groups excluding carboxylic acids is 1. The van der Waals surface area contributed by atoms with Crippen molar-refractivity contribution in [2.24, 2.45) is 0 Å². The fourth-order valence-electron chi connectivity index (χ4n) is 3.29. The largest absolute Gasteiger partial charge is 0.635 e. The Balaban J connectivity index is 2.15. The fourth-order valence-corrected chi connectivity index (χ4v) is 4.92. The highest BCUT2D eigenvalue weighted by atomic mass is 32.2. The van der Waals surface area contributed by atoms with Gasteiger partial charge in [-0.25, -0.2) is 8.42 Å². The van der Waals surface area contributed by atoms with Gasteiger partial charge < -0.3 is 20.0 Å². The van der Waals surface area contributed by atoms with Crippen LogP contribution in [-0.2, 0) is 25.9 Å². The summed E-state index contributed by atoms with van der Waals surface area (Å²) in [6.45, 7) is 6.86. The first-order chi connectivity index (χ1) is 14.5. The number of hydrogen-bond acceptors (Lipinski definition) is 6. The van der Waals surface area contributed by atoms with Gasteiger partial charge in [0.15, 0.2) is 0 Å². The summed E-state index contributed by atoms with van der Waals surface area (Å²) >= 11 is 0. The number of rotatable bonds is 10. The van der Waals surface area contributed by atoms with Crippen LogP contribution in [0.5, 0.6) is 0 Å². The standard InChI is InChI=1S/C21H29BN2O6S/c1-5-24(31(28,29)19-9-7-6-8-16(19)3)14-20(25)23-21(30-22(26)27)13-18-11-10-15(2)12-17(18)4/h6-12,21,26-27H,5,13-14H2,1-4H3,(H,23,25)/t21-/m1/s1. The number of likely N-dealkylation sites (N-methyl/N-ethyl adjacent to an activating group) is 1. The van der Waals surface area contributed by atoms with Crippen LogP contribution < -0.4 is 5.32 Å². The topological polar surface area (TPSA) is 116 Å². The van der Waals surface area contributed by atoms with E-state index in [-0.39, 0.29) is 17.9 Å². The number of benzene rings is 2. The summed E-state index contributed by atoms with van der Waals surface area (Å²) in [5.41, 5.74) is 3.48. The van der Waals surface area contributed by atoms with Crippen LogP contribution in [0.2, 0.25) is 0 Å². The number of amides is 1. The van der Waals surface area contributed by atoms with Gasteiger partial charge in [-0.15, -0.1) is 0 Å². The first-order valence-electron chi connectivity index (χ1n) is 9.97. The Morgan fingerprint density at radius 3 is 2.39 bits per heavy atom. The summed E-state index contributed by atoms with van der Waals surface area (Å²) in [4.78, 5) is 12.8. The number of sulfonamides is 1.